The first-order valence-corrected chi connectivity index (χ1v) is 7.68. The molecule has 1 unspecified atom stereocenters. The molecule has 1 aliphatic rings. The molecule has 1 amide bonds. The maximum absolute atomic E-state index is 12.6. The third-order valence-electron chi connectivity index (χ3n) is 4.26. The summed E-state index contributed by atoms with van der Waals surface area (Å²) in [6, 6.07) is 9.46. The van der Waals surface area contributed by atoms with Gasteiger partial charge in [0.2, 0.25) is 0 Å². The van der Waals surface area contributed by atoms with Crippen molar-refractivity contribution in [3.63, 3.8) is 0 Å². The summed E-state index contributed by atoms with van der Waals surface area (Å²) in [4.78, 5) is 18.4. The number of carbonyl (C=O) groups is 1. The van der Waals surface area contributed by atoms with Crippen LogP contribution in [0.1, 0.15) is 34.0 Å². The van der Waals surface area contributed by atoms with Crippen molar-refractivity contribution in [3.8, 4) is 11.5 Å². The monoisotopic (exact) mass is 312 g/mol. The molecule has 1 aliphatic heterocycles. The van der Waals surface area contributed by atoms with Gasteiger partial charge < -0.3 is 14.7 Å². The quantitative estimate of drug-likeness (QED) is 0.946. The zero-order valence-corrected chi connectivity index (χ0v) is 13.3. The first kappa shape index (κ1) is 15.3. The number of pyridine rings is 1. The Morgan fingerprint density at radius 1 is 1.39 bits per heavy atom. The highest BCUT2D eigenvalue weighted by molar-refractivity contribution is 5.95. The number of hydrogen-bond donors (Lipinski definition) is 1. The summed E-state index contributed by atoms with van der Waals surface area (Å²) in [6.45, 7) is 3.08. The number of ether oxygens (including phenoxy) is 1. The van der Waals surface area contributed by atoms with E-state index < -0.39 is 0 Å². The van der Waals surface area contributed by atoms with Crippen molar-refractivity contribution in [2.24, 2.45) is 0 Å². The lowest BCUT2D eigenvalue weighted by Gasteiger charge is -2.18. The van der Waals surface area contributed by atoms with Crippen LogP contribution in [-0.2, 0) is 0 Å². The third-order valence-corrected chi connectivity index (χ3v) is 4.26. The minimum absolute atomic E-state index is 0.0595. The van der Waals surface area contributed by atoms with Crippen LogP contribution in [0.4, 0.5) is 0 Å². The van der Waals surface area contributed by atoms with Gasteiger partial charge in [-0.3, -0.25) is 4.79 Å². The van der Waals surface area contributed by atoms with E-state index >= 15 is 0 Å². The third kappa shape index (κ3) is 2.99. The highest BCUT2D eigenvalue weighted by atomic mass is 16.5. The van der Waals surface area contributed by atoms with E-state index in [-0.39, 0.29) is 23.3 Å². The Kier molecular flexibility index (Phi) is 4.19. The van der Waals surface area contributed by atoms with E-state index in [1.807, 2.05) is 31.2 Å². The van der Waals surface area contributed by atoms with Crippen LogP contribution in [-0.4, -0.2) is 41.1 Å². The summed E-state index contributed by atoms with van der Waals surface area (Å²) in [5.74, 6) is 0.807. The second kappa shape index (κ2) is 6.28. The van der Waals surface area contributed by atoms with E-state index in [9.17, 15) is 9.90 Å². The van der Waals surface area contributed by atoms with Crippen molar-refractivity contribution in [2.75, 3.05) is 20.2 Å². The number of para-hydroxylation sites is 1. The Balaban J connectivity index is 1.78. The molecule has 1 saturated heterocycles. The molecule has 2 heterocycles. The molecule has 23 heavy (non-hydrogen) atoms. The highest BCUT2D eigenvalue weighted by Crippen LogP contribution is 2.34. The van der Waals surface area contributed by atoms with Crippen LogP contribution < -0.4 is 4.74 Å². The van der Waals surface area contributed by atoms with Gasteiger partial charge in [-0.1, -0.05) is 18.2 Å². The van der Waals surface area contributed by atoms with Gasteiger partial charge in [0.05, 0.1) is 7.11 Å². The van der Waals surface area contributed by atoms with E-state index in [0.29, 0.717) is 13.1 Å². The molecule has 0 saturated carbocycles. The van der Waals surface area contributed by atoms with Crippen molar-refractivity contribution in [1.29, 1.82) is 0 Å². The number of benzene rings is 1. The lowest BCUT2D eigenvalue weighted by molar-refractivity contribution is 0.0781. The average Bonchev–Trinajstić information content (AvgIpc) is 3.04. The van der Waals surface area contributed by atoms with E-state index in [2.05, 4.69) is 4.98 Å². The number of aromatic nitrogens is 1. The standard InChI is InChI=1S/C18H20N2O3/c1-12-9-15(21)17(19-10-12)18(22)20-8-7-13(11-20)14-5-3-4-6-16(14)23-2/h3-6,9-10,13,21H,7-8,11H2,1-2H3. The van der Waals surface area contributed by atoms with Gasteiger partial charge in [0.25, 0.3) is 5.91 Å². The first-order chi connectivity index (χ1) is 11.1. The zero-order chi connectivity index (χ0) is 16.4. The minimum Gasteiger partial charge on any atom is -0.505 e. The summed E-state index contributed by atoms with van der Waals surface area (Å²) in [5, 5.41) is 9.96. The van der Waals surface area contributed by atoms with Gasteiger partial charge in [-0.2, -0.15) is 0 Å². The number of methoxy groups -OCH3 is 1. The van der Waals surface area contributed by atoms with Gasteiger partial charge >= 0.3 is 0 Å². The van der Waals surface area contributed by atoms with Gasteiger partial charge in [-0.15, -0.1) is 0 Å². The molecule has 0 spiro atoms. The second-order valence-electron chi connectivity index (χ2n) is 5.86. The molecule has 1 atom stereocenters. The first-order valence-electron chi connectivity index (χ1n) is 7.68. The van der Waals surface area contributed by atoms with Gasteiger partial charge in [0, 0.05) is 25.2 Å². The zero-order valence-electron chi connectivity index (χ0n) is 13.3. The number of amides is 1. The fraction of sp³-hybridized carbons (Fsp3) is 0.333. The van der Waals surface area contributed by atoms with Crippen LogP contribution in [0.3, 0.4) is 0 Å². The van der Waals surface area contributed by atoms with E-state index in [0.717, 1.165) is 23.3 Å². The fourth-order valence-corrected chi connectivity index (χ4v) is 3.07. The fourth-order valence-electron chi connectivity index (χ4n) is 3.07. The second-order valence-corrected chi connectivity index (χ2v) is 5.86. The Bertz CT molecular complexity index is 730. The molecule has 0 bridgehead atoms. The smallest absolute Gasteiger partial charge is 0.276 e. The van der Waals surface area contributed by atoms with Gasteiger partial charge in [0.1, 0.15) is 11.5 Å². The Morgan fingerprint density at radius 2 is 2.17 bits per heavy atom. The summed E-state index contributed by atoms with van der Waals surface area (Å²) in [5.41, 5.74) is 2.06. The summed E-state index contributed by atoms with van der Waals surface area (Å²) >= 11 is 0. The van der Waals surface area contributed by atoms with Crippen molar-refractivity contribution in [3.05, 3.63) is 53.3 Å². The van der Waals surface area contributed by atoms with E-state index in [1.165, 1.54) is 0 Å². The average molecular weight is 312 g/mol. The number of rotatable bonds is 3. The lowest BCUT2D eigenvalue weighted by Crippen LogP contribution is -2.29. The summed E-state index contributed by atoms with van der Waals surface area (Å²) in [7, 11) is 1.66. The predicted octanol–water partition coefficient (Wildman–Crippen LogP) is 2.73. The van der Waals surface area contributed by atoms with Crippen LogP contribution in [0.5, 0.6) is 11.5 Å². The number of aryl methyl sites for hydroxylation is 1. The van der Waals surface area contributed by atoms with Crippen LogP contribution in [0.25, 0.3) is 0 Å². The number of nitrogens with zero attached hydrogens (tertiary/aromatic N) is 2. The van der Waals surface area contributed by atoms with Crippen molar-refractivity contribution in [1.82, 2.24) is 9.88 Å². The van der Waals surface area contributed by atoms with Crippen molar-refractivity contribution >= 4 is 5.91 Å². The molecule has 3 rings (SSSR count). The highest BCUT2D eigenvalue weighted by Gasteiger charge is 2.31. The topological polar surface area (TPSA) is 62.7 Å². The molecule has 0 aliphatic carbocycles. The largest absolute Gasteiger partial charge is 0.505 e. The molecule has 5 heteroatoms. The maximum Gasteiger partial charge on any atom is 0.276 e. The maximum atomic E-state index is 12.6. The molecule has 1 fully saturated rings. The number of hydrogen-bond acceptors (Lipinski definition) is 4. The normalized spacial score (nSPS) is 17.3. The molecular formula is C18H20N2O3. The van der Waals surface area contributed by atoms with Gasteiger partial charge in [0.15, 0.2) is 5.69 Å². The summed E-state index contributed by atoms with van der Waals surface area (Å²) in [6.07, 6.45) is 2.47. The molecule has 1 aromatic heterocycles. The molecule has 0 radical (unpaired) electrons. The van der Waals surface area contributed by atoms with Crippen molar-refractivity contribution < 1.29 is 14.6 Å². The number of likely N-dealkylation sites (tertiary alicyclic amines) is 1. The molecule has 120 valence electrons. The lowest BCUT2D eigenvalue weighted by atomic mass is 9.97. The number of aromatic hydroxyl groups is 1. The molecule has 1 N–H and O–H groups in total. The van der Waals surface area contributed by atoms with Crippen LogP contribution >= 0.6 is 0 Å². The SMILES string of the molecule is COc1ccccc1C1CCN(C(=O)c2ncc(C)cc2O)C1. The van der Waals surface area contributed by atoms with Crippen LogP contribution in [0, 0.1) is 6.92 Å². The van der Waals surface area contributed by atoms with E-state index in [1.54, 1.807) is 24.3 Å². The predicted molar refractivity (Wildman–Crippen MR) is 86.9 cm³/mol. The Morgan fingerprint density at radius 3 is 2.91 bits per heavy atom. The van der Waals surface area contributed by atoms with Crippen molar-refractivity contribution in [2.45, 2.75) is 19.3 Å². The van der Waals surface area contributed by atoms with Crippen LogP contribution in [0.15, 0.2) is 36.5 Å². The summed E-state index contributed by atoms with van der Waals surface area (Å²) < 4.78 is 5.41. The molecule has 5 nitrogen and oxygen atoms in total. The Hall–Kier alpha value is -2.56. The minimum atomic E-state index is -0.222. The molecular weight excluding hydrogens is 292 g/mol. The molecule has 2 aromatic rings. The number of carbonyl (C=O) groups excluding carboxylic acids is 1. The van der Waals surface area contributed by atoms with Gasteiger partial charge in [-0.05, 0) is 36.6 Å². The molecule has 1 aromatic carbocycles. The van der Waals surface area contributed by atoms with Gasteiger partial charge in [-0.25, -0.2) is 4.98 Å². The van der Waals surface area contributed by atoms with E-state index in [4.69, 9.17) is 4.74 Å². The van der Waals surface area contributed by atoms with Crippen LogP contribution in [0.2, 0.25) is 0 Å². The Labute approximate surface area is 135 Å².